The summed E-state index contributed by atoms with van der Waals surface area (Å²) in [4.78, 5) is 13.7. The number of halogens is 2. The fraction of sp³-hybridized carbons (Fsp3) is 0.133. The fourth-order valence-electron chi connectivity index (χ4n) is 2.11. The third-order valence-corrected chi connectivity index (χ3v) is 5.35. The Morgan fingerprint density at radius 1 is 1.33 bits per heavy atom. The third kappa shape index (κ3) is 3.44. The first-order valence-corrected chi connectivity index (χ1v) is 9.86. The van der Waals surface area contributed by atoms with Crippen LogP contribution in [-0.4, -0.2) is 27.2 Å². The van der Waals surface area contributed by atoms with Gasteiger partial charge in [0.25, 0.3) is 5.91 Å². The standard InChI is InChI=1S/C15H12Cl2N4OS2/c1-23-8-21-14(13(19-20-21)11-6-3-7-24-11)15(22)18-10-5-2-4-9(16)12(10)17/h2-7H,8H2,1H3,(H,18,22). The Balaban J connectivity index is 1.99. The van der Waals surface area contributed by atoms with E-state index in [2.05, 4.69) is 15.6 Å². The molecule has 0 unspecified atom stereocenters. The minimum Gasteiger partial charge on any atom is -0.319 e. The summed E-state index contributed by atoms with van der Waals surface area (Å²) in [7, 11) is 0. The molecule has 9 heteroatoms. The Labute approximate surface area is 157 Å². The van der Waals surface area contributed by atoms with Gasteiger partial charge in [-0.15, -0.1) is 28.2 Å². The first kappa shape index (κ1) is 17.3. The van der Waals surface area contributed by atoms with Gasteiger partial charge in [0.15, 0.2) is 5.69 Å². The molecule has 5 nitrogen and oxygen atoms in total. The van der Waals surface area contributed by atoms with Crippen molar-refractivity contribution in [2.75, 3.05) is 11.6 Å². The van der Waals surface area contributed by atoms with Crippen molar-refractivity contribution in [1.29, 1.82) is 0 Å². The van der Waals surface area contributed by atoms with Crippen LogP contribution >= 0.6 is 46.3 Å². The molecule has 0 fully saturated rings. The number of rotatable bonds is 5. The van der Waals surface area contributed by atoms with Crippen LogP contribution in [0.4, 0.5) is 5.69 Å². The molecule has 3 aromatic rings. The lowest BCUT2D eigenvalue weighted by atomic mass is 10.2. The summed E-state index contributed by atoms with van der Waals surface area (Å²) in [6.07, 6.45) is 1.93. The summed E-state index contributed by atoms with van der Waals surface area (Å²) in [6.45, 7) is 0. The number of amides is 1. The van der Waals surface area contributed by atoms with E-state index in [9.17, 15) is 4.79 Å². The monoisotopic (exact) mass is 398 g/mol. The molecule has 1 amide bonds. The number of anilines is 1. The Morgan fingerprint density at radius 3 is 2.88 bits per heavy atom. The van der Waals surface area contributed by atoms with Crippen LogP contribution in [0.25, 0.3) is 10.6 Å². The van der Waals surface area contributed by atoms with E-state index in [1.165, 1.54) is 11.3 Å². The van der Waals surface area contributed by atoms with Gasteiger partial charge in [0.2, 0.25) is 0 Å². The molecule has 2 heterocycles. The van der Waals surface area contributed by atoms with E-state index >= 15 is 0 Å². The maximum atomic E-state index is 12.8. The molecular weight excluding hydrogens is 387 g/mol. The minimum absolute atomic E-state index is 0.300. The molecule has 1 aromatic carbocycles. The molecule has 0 radical (unpaired) electrons. The lowest BCUT2D eigenvalue weighted by Gasteiger charge is -2.10. The van der Waals surface area contributed by atoms with Gasteiger partial charge in [-0.05, 0) is 29.8 Å². The van der Waals surface area contributed by atoms with Crippen LogP contribution < -0.4 is 5.32 Å². The molecule has 124 valence electrons. The second-order valence-electron chi connectivity index (χ2n) is 4.74. The maximum absolute atomic E-state index is 12.8. The Hall–Kier alpha value is -1.54. The summed E-state index contributed by atoms with van der Waals surface area (Å²) in [6, 6.07) is 8.89. The molecule has 0 aliphatic carbocycles. The third-order valence-electron chi connectivity index (χ3n) is 3.16. The average molecular weight is 399 g/mol. The number of aromatic nitrogens is 3. The van der Waals surface area contributed by atoms with E-state index < -0.39 is 0 Å². The first-order chi connectivity index (χ1) is 11.6. The van der Waals surface area contributed by atoms with Gasteiger partial charge in [0, 0.05) is 0 Å². The topological polar surface area (TPSA) is 59.8 Å². The van der Waals surface area contributed by atoms with Crippen molar-refractivity contribution in [1.82, 2.24) is 15.0 Å². The Morgan fingerprint density at radius 2 is 2.17 bits per heavy atom. The van der Waals surface area contributed by atoms with Crippen LogP contribution in [-0.2, 0) is 5.88 Å². The van der Waals surface area contributed by atoms with Crippen LogP contribution in [0.15, 0.2) is 35.7 Å². The number of hydrogen-bond donors (Lipinski definition) is 1. The van der Waals surface area contributed by atoms with Crippen LogP contribution in [0, 0.1) is 0 Å². The van der Waals surface area contributed by atoms with Crippen molar-refractivity contribution in [2.45, 2.75) is 5.88 Å². The van der Waals surface area contributed by atoms with Gasteiger partial charge in [-0.2, -0.15) is 0 Å². The van der Waals surface area contributed by atoms with E-state index in [1.54, 1.807) is 34.6 Å². The fourth-order valence-corrected chi connectivity index (χ4v) is 3.59. The van der Waals surface area contributed by atoms with Gasteiger partial charge >= 0.3 is 0 Å². The number of thiophene rings is 1. The van der Waals surface area contributed by atoms with Crippen molar-refractivity contribution in [3.63, 3.8) is 0 Å². The predicted molar refractivity (Wildman–Crippen MR) is 101 cm³/mol. The number of benzene rings is 1. The number of nitrogens with zero attached hydrogens (tertiary/aromatic N) is 3. The molecule has 24 heavy (non-hydrogen) atoms. The van der Waals surface area contributed by atoms with E-state index in [0.717, 1.165) is 4.88 Å². The lowest BCUT2D eigenvalue weighted by molar-refractivity contribution is 0.101. The van der Waals surface area contributed by atoms with Crippen molar-refractivity contribution >= 4 is 57.9 Å². The highest BCUT2D eigenvalue weighted by molar-refractivity contribution is 7.97. The second-order valence-corrected chi connectivity index (χ2v) is 7.31. The zero-order chi connectivity index (χ0) is 17.1. The molecule has 3 rings (SSSR count). The zero-order valence-corrected chi connectivity index (χ0v) is 15.6. The van der Waals surface area contributed by atoms with Gasteiger partial charge in [-0.1, -0.05) is 40.5 Å². The van der Waals surface area contributed by atoms with Crippen molar-refractivity contribution in [2.24, 2.45) is 0 Å². The van der Waals surface area contributed by atoms with Crippen molar-refractivity contribution in [3.8, 4) is 10.6 Å². The molecule has 0 aliphatic heterocycles. The van der Waals surface area contributed by atoms with Crippen LogP contribution in [0.1, 0.15) is 10.5 Å². The number of carbonyl (C=O) groups is 1. The molecule has 2 aromatic heterocycles. The largest absolute Gasteiger partial charge is 0.319 e. The molecule has 0 bridgehead atoms. The average Bonchev–Trinajstić information content (AvgIpc) is 3.21. The second kappa shape index (κ2) is 7.57. The molecule has 0 aliphatic rings. The molecule has 0 saturated heterocycles. The van der Waals surface area contributed by atoms with E-state index in [4.69, 9.17) is 23.2 Å². The lowest BCUT2D eigenvalue weighted by Crippen LogP contribution is -2.18. The summed E-state index contributed by atoms with van der Waals surface area (Å²) in [5.41, 5.74) is 1.39. The van der Waals surface area contributed by atoms with Crippen molar-refractivity contribution in [3.05, 3.63) is 51.5 Å². The van der Waals surface area contributed by atoms with E-state index in [-0.39, 0.29) is 5.91 Å². The Kier molecular flexibility index (Phi) is 5.45. The number of nitrogens with one attached hydrogen (secondary N) is 1. The highest BCUT2D eigenvalue weighted by atomic mass is 35.5. The molecule has 0 atom stereocenters. The van der Waals surface area contributed by atoms with Crippen LogP contribution in [0.2, 0.25) is 10.0 Å². The minimum atomic E-state index is -0.332. The smallest absolute Gasteiger partial charge is 0.276 e. The molecule has 1 N–H and O–H groups in total. The summed E-state index contributed by atoms with van der Waals surface area (Å²) in [5.74, 6) is 0.186. The molecule has 0 spiro atoms. The normalized spacial score (nSPS) is 10.8. The molecule has 0 saturated carbocycles. The summed E-state index contributed by atoms with van der Waals surface area (Å²) >= 11 is 15.2. The van der Waals surface area contributed by atoms with Gasteiger partial charge in [0.05, 0.1) is 26.5 Å². The first-order valence-electron chi connectivity index (χ1n) is 6.83. The SMILES string of the molecule is CSCn1nnc(-c2cccs2)c1C(=O)Nc1cccc(Cl)c1Cl. The highest BCUT2D eigenvalue weighted by Crippen LogP contribution is 2.31. The van der Waals surface area contributed by atoms with Crippen molar-refractivity contribution < 1.29 is 4.79 Å². The molecular formula is C15H12Cl2N4OS2. The summed E-state index contributed by atoms with van der Waals surface area (Å²) < 4.78 is 1.58. The highest BCUT2D eigenvalue weighted by Gasteiger charge is 2.23. The van der Waals surface area contributed by atoms with Gasteiger partial charge in [-0.3, -0.25) is 4.79 Å². The predicted octanol–water partition coefficient (Wildman–Crippen LogP) is 4.89. The van der Waals surface area contributed by atoms with Gasteiger partial charge < -0.3 is 5.32 Å². The number of hydrogen-bond acceptors (Lipinski definition) is 5. The van der Waals surface area contributed by atoms with Crippen LogP contribution in [0.3, 0.4) is 0 Å². The van der Waals surface area contributed by atoms with Gasteiger partial charge in [-0.25, -0.2) is 4.68 Å². The maximum Gasteiger partial charge on any atom is 0.276 e. The van der Waals surface area contributed by atoms with E-state index in [0.29, 0.717) is 33.0 Å². The quantitative estimate of drug-likeness (QED) is 0.664. The van der Waals surface area contributed by atoms with E-state index in [1.807, 2.05) is 23.8 Å². The zero-order valence-electron chi connectivity index (χ0n) is 12.5. The number of thioether (sulfide) groups is 1. The van der Waals surface area contributed by atoms with Crippen LogP contribution in [0.5, 0.6) is 0 Å². The Bertz CT molecular complexity index is 864. The summed E-state index contributed by atoms with van der Waals surface area (Å²) in [5, 5.41) is 13.7. The number of carbonyl (C=O) groups excluding carboxylic acids is 1. The van der Waals surface area contributed by atoms with Gasteiger partial charge in [0.1, 0.15) is 5.69 Å².